The highest BCUT2D eigenvalue weighted by atomic mass is 32.2. The number of aliphatic hydroxyl groups is 1. The van der Waals surface area contributed by atoms with Gasteiger partial charge in [-0.2, -0.15) is 0 Å². The molecule has 0 saturated carbocycles. The lowest BCUT2D eigenvalue weighted by Crippen LogP contribution is -2.58. The lowest BCUT2D eigenvalue weighted by Gasteiger charge is -2.42. The SMILES string of the molecule is C=CCN(Cc1ccccc1)C(=O)C1N([C@H](CO)c2ccccc2)C(=O)[C@@H]2[C@@H](C(=O)N(CC=C)c3ccc(OCC)cc3)[C@H]3CC(C)C12S3. The first kappa shape index (κ1) is 34.5. The normalized spacial score (nSPS) is 25.8. The number of likely N-dealkylation sites (tertiary alicyclic amines) is 1. The van der Waals surface area contributed by atoms with Crippen LogP contribution >= 0.6 is 11.8 Å². The van der Waals surface area contributed by atoms with E-state index in [9.17, 15) is 9.90 Å². The first-order chi connectivity index (χ1) is 23.8. The van der Waals surface area contributed by atoms with Crippen LogP contribution < -0.4 is 9.64 Å². The first-order valence-electron chi connectivity index (χ1n) is 17.0. The fourth-order valence-corrected chi connectivity index (χ4v) is 10.7. The molecule has 3 unspecified atom stereocenters. The van der Waals surface area contributed by atoms with Crippen molar-refractivity contribution in [3.05, 3.63) is 121 Å². The van der Waals surface area contributed by atoms with Crippen molar-refractivity contribution in [3.63, 3.8) is 0 Å². The number of hydrogen-bond acceptors (Lipinski definition) is 6. The monoisotopic (exact) mass is 679 g/mol. The minimum absolute atomic E-state index is 0.0322. The second-order valence-electron chi connectivity index (χ2n) is 13.1. The highest BCUT2D eigenvalue weighted by Gasteiger charge is 2.77. The van der Waals surface area contributed by atoms with E-state index in [2.05, 4.69) is 20.1 Å². The zero-order chi connectivity index (χ0) is 34.7. The Balaban J connectivity index is 1.45. The molecule has 0 aliphatic carbocycles. The van der Waals surface area contributed by atoms with Gasteiger partial charge in [0.05, 0.1) is 35.8 Å². The van der Waals surface area contributed by atoms with Crippen LogP contribution in [0.15, 0.2) is 110 Å². The molecule has 3 aliphatic rings. The number of nitrogens with zero attached hydrogens (tertiary/aromatic N) is 3. The lowest BCUT2D eigenvalue weighted by molar-refractivity contribution is -0.146. The summed E-state index contributed by atoms with van der Waals surface area (Å²) >= 11 is 1.63. The maximum absolute atomic E-state index is 15.1. The molecule has 3 aromatic rings. The van der Waals surface area contributed by atoms with E-state index in [0.717, 1.165) is 11.1 Å². The van der Waals surface area contributed by atoms with Crippen molar-refractivity contribution >= 4 is 35.2 Å². The van der Waals surface area contributed by atoms with Gasteiger partial charge in [-0.1, -0.05) is 79.7 Å². The highest BCUT2D eigenvalue weighted by molar-refractivity contribution is 8.02. The Hall–Kier alpha value is -4.34. The van der Waals surface area contributed by atoms with Crippen molar-refractivity contribution in [2.24, 2.45) is 17.8 Å². The van der Waals surface area contributed by atoms with Crippen LogP contribution in [-0.2, 0) is 20.9 Å². The van der Waals surface area contributed by atoms with Crippen molar-refractivity contribution in [2.45, 2.75) is 48.9 Å². The number of aliphatic hydroxyl groups excluding tert-OH is 1. The molecule has 3 heterocycles. The summed E-state index contributed by atoms with van der Waals surface area (Å²) in [6.07, 6.45) is 4.09. The number of rotatable bonds is 14. The summed E-state index contributed by atoms with van der Waals surface area (Å²) in [6, 6.07) is 24.9. The molecule has 49 heavy (non-hydrogen) atoms. The van der Waals surface area contributed by atoms with E-state index in [1.54, 1.807) is 38.6 Å². The second-order valence-corrected chi connectivity index (χ2v) is 14.6. The number of thioether (sulfide) groups is 1. The van der Waals surface area contributed by atoms with E-state index in [-0.39, 0.29) is 48.6 Å². The molecule has 1 spiro atoms. The summed E-state index contributed by atoms with van der Waals surface area (Å²) in [6.45, 7) is 13.0. The van der Waals surface area contributed by atoms with Gasteiger partial charge >= 0.3 is 0 Å². The largest absolute Gasteiger partial charge is 0.494 e. The Morgan fingerprint density at radius 2 is 1.65 bits per heavy atom. The number of fused-ring (bicyclic) bond motifs is 1. The van der Waals surface area contributed by atoms with Gasteiger partial charge in [0.25, 0.3) is 0 Å². The maximum atomic E-state index is 15.1. The standard InChI is InChI=1S/C40H45N3O5S/c1-5-22-41(25-28-14-10-8-11-15-28)39(47)36-40-27(4)24-33(49-40)34(35(40)38(46)43(36)32(26-44)29-16-12-9-13-17-29)37(45)42(23-6-2)30-18-20-31(21-19-30)48-7-3/h5-6,8-21,27,32-36,44H,1-2,7,22-26H2,3-4H3/t27?,32-,33-,34+,35+,36?,40?/m1/s1. The van der Waals surface area contributed by atoms with Gasteiger partial charge in [0.1, 0.15) is 11.8 Å². The molecular formula is C40H45N3O5S. The number of benzene rings is 3. The summed E-state index contributed by atoms with van der Waals surface area (Å²) in [7, 11) is 0. The molecule has 8 nitrogen and oxygen atoms in total. The third-order valence-corrected chi connectivity index (χ3v) is 12.4. The molecule has 1 N–H and O–H groups in total. The predicted molar refractivity (Wildman–Crippen MR) is 194 cm³/mol. The van der Waals surface area contributed by atoms with Gasteiger partial charge in [-0.25, -0.2) is 0 Å². The Bertz CT molecular complexity index is 1670. The summed E-state index contributed by atoms with van der Waals surface area (Å²) in [4.78, 5) is 50.1. The molecule has 3 aliphatic heterocycles. The summed E-state index contributed by atoms with van der Waals surface area (Å²) in [5, 5.41) is 10.8. The number of carbonyl (C=O) groups is 3. The van der Waals surface area contributed by atoms with Crippen LogP contribution in [0.25, 0.3) is 0 Å². The fourth-order valence-electron chi connectivity index (χ4n) is 8.27. The van der Waals surface area contributed by atoms with Gasteiger partial charge in [-0.15, -0.1) is 24.9 Å². The number of amides is 3. The topological polar surface area (TPSA) is 90.4 Å². The fraction of sp³-hybridized carbons (Fsp3) is 0.375. The van der Waals surface area contributed by atoms with Crippen molar-refractivity contribution in [3.8, 4) is 5.75 Å². The van der Waals surface area contributed by atoms with E-state index >= 15 is 9.59 Å². The molecule has 6 rings (SSSR count). The molecule has 3 aromatic carbocycles. The first-order valence-corrected chi connectivity index (χ1v) is 17.9. The molecule has 0 radical (unpaired) electrons. The maximum Gasteiger partial charge on any atom is 0.247 e. The average molecular weight is 680 g/mol. The van der Waals surface area contributed by atoms with Crippen LogP contribution in [0.1, 0.15) is 37.4 Å². The molecule has 256 valence electrons. The van der Waals surface area contributed by atoms with Crippen LogP contribution in [-0.4, -0.2) is 75.0 Å². The average Bonchev–Trinajstić information content (AvgIpc) is 3.72. The van der Waals surface area contributed by atoms with Crippen LogP contribution in [0.4, 0.5) is 5.69 Å². The molecule has 9 heteroatoms. The van der Waals surface area contributed by atoms with Crippen molar-refractivity contribution in [1.29, 1.82) is 0 Å². The van der Waals surface area contributed by atoms with Crippen LogP contribution in [0.2, 0.25) is 0 Å². The van der Waals surface area contributed by atoms with Crippen molar-refractivity contribution < 1.29 is 24.2 Å². The number of anilines is 1. The second kappa shape index (κ2) is 14.6. The van der Waals surface area contributed by atoms with E-state index in [1.807, 2.05) is 91.9 Å². The molecule has 3 fully saturated rings. The van der Waals surface area contributed by atoms with Gasteiger partial charge in [0.2, 0.25) is 17.7 Å². The van der Waals surface area contributed by atoms with Gasteiger partial charge in [0, 0.05) is 30.6 Å². The third kappa shape index (κ3) is 6.08. The van der Waals surface area contributed by atoms with Gasteiger partial charge in [-0.05, 0) is 54.7 Å². The number of ether oxygens (including phenoxy) is 1. The van der Waals surface area contributed by atoms with Crippen molar-refractivity contribution in [1.82, 2.24) is 9.80 Å². The summed E-state index contributed by atoms with van der Waals surface area (Å²) in [5.74, 6) is -1.34. The quantitative estimate of drug-likeness (QED) is 0.214. The zero-order valence-electron chi connectivity index (χ0n) is 28.2. The van der Waals surface area contributed by atoms with Gasteiger partial charge < -0.3 is 24.5 Å². The molecule has 2 bridgehead atoms. The Labute approximate surface area is 293 Å². The minimum Gasteiger partial charge on any atom is -0.494 e. The lowest BCUT2D eigenvalue weighted by atomic mass is 9.65. The third-order valence-electron chi connectivity index (χ3n) is 10.3. The zero-order valence-corrected chi connectivity index (χ0v) is 29.0. The number of carbonyl (C=O) groups excluding carboxylic acids is 3. The predicted octanol–water partition coefficient (Wildman–Crippen LogP) is 5.89. The molecule has 0 aromatic heterocycles. The van der Waals surface area contributed by atoms with E-state index in [1.165, 1.54) is 0 Å². The minimum atomic E-state index is -0.896. The van der Waals surface area contributed by atoms with E-state index in [4.69, 9.17) is 4.74 Å². The highest BCUT2D eigenvalue weighted by Crippen LogP contribution is 2.69. The Kier molecular flexibility index (Phi) is 10.3. The van der Waals surface area contributed by atoms with E-state index in [0.29, 0.717) is 31.0 Å². The smallest absolute Gasteiger partial charge is 0.247 e. The number of hydrogen-bond donors (Lipinski definition) is 1. The Morgan fingerprint density at radius 3 is 2.27 bits per heavy atom. The summed E-state index contributed by atoms with van der Waals surface area (Å²) < 4.78 is 4.77. The molecular weight excluding hydrogens is 635 g/mol. The van der Waals surface area contributed by atoms with Gasteiger partial charge in [0.15, 0.2) is 0 Å². The van der Waals surface area contributed by atoms with Gasteiger partial charge in [-0.3, -0.25) is 14.4 Å². The molecule has 3 saturated heterocycles. The summed E-state index contributed by atoms with van der Waals surface area (Å²) in [5.41, 5.74) is 2.39. The van der Waals surface area contributed by atoms with E-state index < -0.39 is 28.7 Å². The van der Waals surface area contributed by atoms with Crippen molar-refractivity contribution in [2.75, 3.05) is 31.2 Å². The van der Waals surface area contributed by atoms with Crippen LogP contribution in [0.3, 0.4) is 0 Å². The van der Waals surface area contributed by atoms with Crippen LogP contribution in [0.5, 0.6) is 5.75 Å². The molecule has 3 amide bonds. The van der Waals surface area contributed by atoms with Crippen LogP contribution in [0, 0.1) is 17.8 Å². The Morgan fingerprint density at radius 1 is 1.00 bits per heavy atom. The molecule has 7 atom stereocenters.